The maximum absolute atomic E-state index is 8.46. The quantitative estimate of drug-likeness (QED) is 0.774. The Bertz CT molecular complexity index is 344. The minimum absolute atomic E-state index is 0.283. The van der Waals surface area contributed by atoms with Crippen LogP contribution in [0.2, 0.25) is 5.02 Å². The van der Waals surface area contributed by atoms with Crippen LogP contribution in [0.15, 0.2) is 16.6 Å². The smallest absolute Gasteiger partial charge is 0.0670 e. The second-order valence-corrected chi connectivity index (χ2v) is 3.62. The van der Waals surface area contributed by atoms with Crippen molar-refractivity contribution >= 4 is 33.2 Å². The van der Waals surface area contributed by atoms with Crippen molar-refractivity contribution in [2.75, 3.05) is 5.73 Å². The summed E-state index contributed by atoms with van der Waals surface area (Å²) in [6.07, 6.45) is 0.283. The summed E-state index contributed by atoms with van der Waals surface area (Å²) in [5, 5.41) is 8.94. The lowest BCUT2D eigenvalue weighted by molar-refractivity contribution is 1.26. The van der Waals surface area contributed by atoms with Gasteiger partial charge in [-0.1, -0.05) is 27.5 Å². The summed E-state index contributed by atoms with van der Waals surface area (Å²) in [6, 6.07) is 5.52. The zero-order valence-electron chi connectivity index (χ0n) is 6.14. The average Bonchev–Trinajstić information content (AvgIpc) is 2.00. The van der Waals surface area contributed by atoms with Crippen molar-refractivity contribution in [3.8, 4) is 6.07 Å². The van der Waals surface area contributed by atoms with Crippen LogP contribution in [0.5, 0.6) is 0 Å². The number of nitrogen functional groups attached to an aromatic ring is 1. The van der Waals surface area contributed by atoms with Crippen LogP contribution in [-0.4, -0.2) is 0 Å². The molecule has 0 amide bonds. The Morgan fingerprint density at radius 1 is 1.58 bits per heavy atom. The summed E-state index contributed by atoms with van der Waals surface area (Å²) in [7, 11) is 0. The van der Waals surface area contributed by atoms with E-state index in [1.54, 1.807) is 12.1 Å². The zero-order chi connectivity index (χ0) is 9.14. The van der Waals surface area contributed by atoms with Crippen molar-refractivity contribution in [2.45, 2.75) is 6.42 Å². The third-order valence-corrected chi connectivity index (χ3v) is 2.22. The Kier molecular flexibility index (Phi) is 2.96. The highest BCUT2D eigenvalue weighted by Gasteiger charge is 2.04. The number of nitrogens with zero attached hydrogens (tertiary/aromatic N) is 1. The molecule has 0 fully saturated rings. The van der Waals surface area contributed by atoms with E-state index in [1.807, 2.05) is 6.07 Å². The number of hydrogen-bond donors (Lipinski definition) is 1. The fraction of sp³-hybridized carbons (Fsp3) is 0.125. The van der Waals surface area contributed by atoms with E-state index in [1.165, 1.54) is 0 Å². The summed E-state index contributed by atoms with van der Waals surface area (Å²) in [4.78, 5) is 0. The van der Waals surface area contributed by atoms with Gasteiger partial charge in [-0.25, -0.2) is 0 Å². The van der Waals surface area contributed by atoms with Crippen LogP contribution in [0, 0.1) is 11.3 Å². The number of hydrogen-bond acceptors (Lipinski definition) is 2. The van der Waals surface area contributed by atoms with Gasteiger partial charge in [0.1, 0.15) is 0 Å². The standard InChI is InChI=1S/C8H6BrClN2/c9-6-3-5(1-2-11)8(12)7(10)4-6/h3-4H,1,12H2. The molecular weight excluding hydrogens is 239 g/mol. The van der Waals surface area contributed by atoms with Crippen LogP contribution in [0.1, 0.15) is 5.56 Å². The number of nitrogens with two attached hydrogens (primary N) is 1. The molecule has 0 unspecified atom stereocenters. The van der Waals surface area contributed by atoms with Gasteiger partial charge in [0, 0.05) is 4.47 Å². The summed E-state index contributed by atoms with van der Waals surface area (Å²) < 4.78 is 0.840. The summed E-state index contributed by atoms with van der Waals surface area (Å²) >= 11 is 9.06. The summed E-state index contributed by atoms with van der Waals surface area (Å²) in [6.45, 7) is 0. The molecule has 2 N–H and O–H groups in total. The van der Waals surface area contributed by atoms with Gasteiger partial charge in [-0.2, -0.15) is 5.26 Å². The second kappa shape index (κ2) is 3.79. The number of rotatable bonds is 1. The number of anilines is 1. The fourth-order valence-electron chi connectivity index (χ4n) is 0.869. The maximum atomic E-state index is 8.46. The molecule has 0 spiro atoms. The molecule has 0 heterocycles. The van der Waals surface area contributed by atoms with E-state index < -0.39 is 0 Å². The van der Waals surface area contributed by atoms with Gasteiger partial charge in [0.2, 0.25) is 0 Å². The molecule has 0 aromatic heterocycles. The molecule has 1 aromatic rings. The van der Waals surface area contributed by atoms with Crippen molar-refractivity contribution in [3.63, 3.8) is 0 Å². The molecular formula is C8H6BrClN2. The van der Waals surface area contributed by atoms with Crippen LogP contribution >= 0.6 is 27.5 Å². The van der Waals surface area contributed by atoms with Crippen LogP contribution < -0.4 is 5.73 Å². The van der Waals surface area contributed by atoms with E-state index in [9.17, 15) is 0 Å². The highest BCUT2D eigenvalue weighted by atomic mass is 79.9. The van der Waals surface area contributed by atoms with Crippen molar-refractivity contribution < 1.29 is 0 Å². The SMILES string of the molecule is N#CCc1cc(Br)cc(Cl)c1N. The number of nitriles is 1. The molecule has 1 rings (SSSR count). The minimum atomic E-state index is 0.283. The molecule has 0 atom stereocenters. The van der Waals surface area contributed by atoms with Gasteiger partial charge in [0.25, 0.3) is 0 Å². The van der Waals surface area contributed by atoms with E-state index in [0.29, 0.717) is 10.7 Å². The lowest BCUT2D eigenvalue weighted by Gasteiger charge is -2.04. The molecule has 62 valence electrons. The highest BCUT2D eigenvalue weighted by molar-refractivity contribution is 9.10. The van der Waals surface area contributed by atoms with Gasteiger partial charge in [0.15, 0.2) is 0 Å². The van der Waals surface area contributed by atoms with Crippen molar-refractivity contribution in [1.82, 2.24) is 0 Å². The monoisotopic (exact) mass is 244 g/mol. The van der Waals surface area contributed by atoms with Crippen LogP contribution in [0.4, 0.5) is 5.69 Å². The normalized spacial score (nSPS) is 9.42. The molecule has 2 nitrogen and oxygen atoms in total. The lowest BCUT2D eigenvalue weighted by atomic mass is 10.1. The van der Waals surface area contributed by atoms with Gasteiger partial charge < -0.3 is 5.73 Å². The molecule has 0 saturated heterocycles. The zero-order valence-corrected chi connectivity index (χ0v) is 8.48. The Morgan fingerprint density at radius 3 is 2.83 bits per heavy atom. The van der Waals surface area contributed by atoms with Crippen molar-refractivity contribution in [2.24, 2.45) is 0 Å². The minimum Gasteiger partial charge on any atom is -0.397 e. The summed E-state index contributed by atoms with van der Waals surface area (Å²) in [5.41, 5.74) is 6.88. The molecule has 0 bridgehead atoms. The number of halogens is 2. The van der Waals surface area contributed by atoms with Crippen molar-refractivity contribution in [3.05, 3.63) is 27.2 Å². The first-order valence-electron chi connectivity index (χ1n) is 3.25. The molecule has 0 aliphatic heterocycles. The third-order valence-electron chi connectivity index (χ3n) is 1.45. The van der Waals surface area contributed by atoms with Crippen LogP contribution in [-0.2, 0) is 6.42 Å². The first kappa shape index (κ1) is 9.37. The largest absolute Gasteiger partial charge is 0.397 e. The topological polar surface area (TPSA) is 49.8 Å². The number of benzene rings is 1. The Labute approximate surface area is 84.1 Å². The Balaban J connectivity index is 3.20. The first-order chi connectivity index (χ1) is 5.65. The fourth-order valence-corrected chi connectivity index (χ4v) is 1.75. The third kappa shape index (κ3) is 1.90. The van der Waals surface area contributed by atoms with Gasteiger partial charge in [-0.05, 0) is 17.7 Å². The Hall–Kier alpha value is -0.720. The van der Waals surface area contributed by atoms with E-state index in [2.05, 4.69) is 15.9 Å². The predicted molar refractivity (Wildman–Crippen MR) is 52.9 cm³/mol. The molecule has 0 radical (unpaired) electrons. The molecule has 0 aliphatic carbocycles. The lowest BCUT2D eigenvalue weighted by Crippen LogP contribution is -1.94. The van der Waals surface area contributed by atoms with Crippen LogP contribution in [0.3, 0.4) is 0 Å². The second-order valence-electron chi connectivity index (χ2n) is 2.30. The van der Waals surface area contributed by atoms with Gasteiger partial charge >= 0.3 is 0 Å². The first-order valence-corrected chi connectivity index (χ1v) is 4.42. The van der Waals surface area contributed by atoms with Crippen LogP contribution in [0.25, 0.3) is 0 Å². The van der Waals surface area contributed by atoms with E-state index in [4.69, 9.17) is 22.6 Å². The van der Waals surface area contributed by atoms with Gasteiger partial charge in [-0.3, -0.25) is 0 Å². The van der Waals surface area contributed by atoms with E-state index >= 15 is 0 Å². The highest BCUT2D eigenvalue weighted by Crippen LogP contribution is 2.27. The molecule has 0 aliphatic rings. The Morgan fingerprint density at radius 2 is 2.25 bits per heavy atom. The van der Waals surface area contributed by atoms with E-state index in [-0.39, 0.29) is 6.42 Å². The van der Waals surface area contributed by atoms with E-state index in [0.717, 1.165) is 10.0 Å². The average molecular weight is 246 g/mol. The predicted octanol–water partition coefficient (Wildman–Crippen LogP) is 2.75. The van der Waals surface area contributed by atoms with Gasteiger partial charge in [-0.15, -0.1) is 0 Å². The maximum Gasteiger partial charge on any atom is 0.0670 e. The molecule has 12 heavy (non-hydrogen) atoms. The molecule has 0 saturated carbocycles. The van der Waals surface area contributed by atoms with Gasteiger partial charge in [0.05, 0.1) is 23.2 Å². The summed E-state index contributed by atoms with van der Waals surface area (Å²) in [5.74, 6) is 0. The van der Waals surface area contributed by atoms with Crippen molar-refractivity contribution in [1.29, 1.82) is 5.26 Å². The molecule has 1 aromatic carbocycles. The molecule has 4 heteroatoms.